The average molecular weight is 216 g/mol. The second kappa shape index (κ2) is 9.13. The predicted molar refractivity (Wildman–Crippen MR) is 66.0 cm³/mol. The molecule has 1 unspecified atom stereocenters. The third-order valence-corrected chi connectivity index (χ3v) is 2.60. The van der Waals surface area contributed by atoms with E-state index < -0.39 is 0 Å². The first kappa shape index (κ1) is 14.9. The van der Waals surface area contributed by atoms with E-state index in [0.717, 1.165) is 38.6 Å². The Hall–Kier alpha value is -0.120. The largest absolute Gasteiger partial charge is 0.385 e. The molecule has 0 saturated carbocycles. The highest BCUT2D eigenvalue weighted by atomic mass is 16.5. The van der Waals surface area contributed by atoms with E-state index in [4.69, 9.17) is 10.5 Å². The Kier molecular flexibility index (Phi) is 9.06. The van der Waals surface area contributed by atoms with Crippen LogP contribution in [0, 0.1) is 11.8 Å². The lowest BCUT2D eigenvalue weighted by Crippen LogP contribution is -2.32. The summed E-state index contributed by atoms with van der Waals surface area (Å²) in [5.74, 6) is 1.38. The van der Waals surface area contributed by atoms with E-state index >= 15 is 0 Å². The molecule has 0 amide bonds. The van der Waals surface area contributed by atoms with E-state index in [1.165, 1.54) is 6.42 Å². The van der Waals surface area contributed by atoms with Crippen LogP contribution in [0.15, 0.2) is 0 Å². The quantitative estimate of drug-likeness (QED) is 0.595. The minimum Gasteiger partial charge on any atom is -0.385 e. The fourth-order valence-electron chi connectivity index (χ4n) is 1.92. The van der Waals surface area contributed by atoms with Gasteiger partial charge in [0.1, 0.15) is 0 Å². The van der Waals surface area contributed by atoms with E-state index in [1.54, 1.807) is 7.11 Å². The van der Waals surface area contributed by atoms with Crippen molar-refractivity contribution in [3.63, 3.8) is 0 Å². The molecule has 0 bridgehead atoms. The summed E-state index contributed by atoms with van der Waals surface area (Å²) in [6.45, 7) is 8.37. The molecule has 0 saturated heterocycles. The Balaban J connectivity index is 3.65. The van der Waals surface area contributed by atoms with Crippen molar-refractivity contribution < 1.29 is 4.74 Å². The maximum atomic E-state index is 5.77. The van der Waals surface area contributed by atoms with Crippen molar-refractivity contribution >= 4 is 0 Å². The number of rotatable bonds is 9. The summed E-state index contributed by atoms with van der Waals surface area (Å²) < 4.78 is 5.04. The van der Waals surface area contributed by atoms with Gasteiger partial charge in [0.2, 0.25) is 0 Å². The van der Waals surface area contributed by atoms with Gasteiger partial charge in [-0.2, -0.15) is 0 Å². The van der Waals surface area contributed by atoms with Crippen LogP contribution in [0.3, 0.4) is 0 Å². The van der Waals surface area contributed by atoms with Crippen molar-refractivity contribution in [3.8, 4) is 0 Å². The molecular formula is C12H28N2O. The highest BCUT2D eigenvalue weighted by Gasteiger charge is 2.11. The van der Waals surface area contributed by atoms with Crippen LogP contribution in [0.25, 0.3) is 0 Å². The first-order valence-corrected chi connectivity index (χ1v) is 5.97. The van der Waals surface area contributed by atoms with Gasteiger partial charge in [-0.15, -0.1) is 0 Å². The first-order chi connectivity index (χ1) is 7.10. The number of nitrogens with zero attached hydrogens (tertiary/aromatic N) is 1. The van der Waals surface area contributed by atoms with Crippen molar-refractivity contribution in [1.29, 1.82) is 0 Å². The Morgan fingerprint density at radius 2 is 2.00 bits per heavy atom. The van der Waals surface area contributed by atoms with Crippen LogP contribution in [0.4, 0.5) is 0 Å². The van der Waals surface area contributed by atoms with E-state index in [0.29, 0.717) is 5.92 Å². The van der Waals surface area contributed by atoms with Crippen molar-refractivity contribution in [2.24, 2.45) is 17.6 Å². The monoisotopic (exact) mass is 216 g/mol. The van der Waals surface area contributed by atoms with Crippen LogP contribution < -0.4 is 5.73 Å². The van der Waals surface area contributed by atoms with Gasteiger partial charge in [0.05, 0.1) is 0 Å². The summed E-state index contributed by atoms with van der Waals surface area (Å²) in [6.07, 6.45) is 2.33. The number of ether oxygens (including phenoxy) is 1. The van der Waals surface area contributed by atoms with Crippen molar-refractivity contribution in [2.75, 3.05) is 40.4 Å². The second-order valence-electron chi connectivity index (χ2n) is 4.84. The molecule has 15 heavy (non-hydrogen) atoms. The fourth-order valence-corrected chi connectivity index (χ4v) is 1.92. The minimum atomic E-state index is 0.637. The van der Waals surface area contributed by atoms with Gasteiger partial charge in [0, 0.05) is 26.8 Å². The minimum absolute atomic E-state index is 0.637. The average Bonchev–Trinajstić information content (AvgIpc) is 2.16. The highest BCUT2D eigenvalue weighted by Crippen LogP contribution is 2.11. The molecule has 2 N–H and O–H groups in total. The summed E-state index contributed by atoms with van der Waals surface area (Å²) in [4.78, 5) is 2.36. The van der Waals surface area contributed by atoms with Crippen molar-refractivity contribution in [1.82, 2.24) is 4.90 Å². The Morgan fingerprint density at radius 1 is 1.33 bits per heavy atom. The molecule has 3 nitrogen and oxygen atoms in total. The summed E-state index contributed by atoms with van der Waals surface area (Å²) in [7, 11) is 3.92. The van der Waals surface area contributed by atoms with Crippen LogP contribution >= 0.6 is 0 Å². The molecular weight excluding hydrogens is 188 g/mol. The fraction of sp³-hybridized carbons (Fsp3) is 1.00. The zero-order chi connectivity index (χ0) is 11.7. The Morgan fingerprint density at radius 3 is 2.47 bits per heavy atom. The maximum Gasteiger partial charge on any atom is 0.0474 e. The lowest BCUT2D eigenvalue weighted by molar-refractivity contribution is 0.172. The SMILES string of the molecule is COCCCN(C)CC(CN)CC(C)C. The molecule has 92 valence electrons. The van der Waals surface area contributed by atoms with Crippen LogP contribution in [0.2, 0.25) is 0 Å². The molecule has 0 aromatic rings. The topological polar surface area (TPSA) is 38.5 Å². The normalized spacial score (nSPS) is 13.8. The molecule has 0 rings (SSSR count). The molecule has 0 spiro atoms. The van der Waals surface area contributed by atoms with Crippen LogP contribution in [0.1, 0.15) is 26.7 Å². The lowest BCUT2D eigenvalue weighted by Gasteiger charge is -2.24. The number of hydrogen-bond donors (Lipinski definition) is 1. The molecule has 3 heteroatoms. The molecule has 0 aromatic heterocycles. The number of nitrogens with two attached hydrogens (primary N) is 1. The lowest BCUT2D eigenvalue weighted by atomic mass is 9.97. The molecule has 0 fully saturated rings. The zero-order valence-electron chi connectivity index (χ0n) is 10.8. The van der Waals surface area contributed by atoms with Crippen molar-refractivity contribution in [2.45, 2.75) is 26.7 Å². The van der Waals surface area contributed by atoms with Gasteiger partial charge >= 0.3 is 0 Å². The molecule has 0 aliphatic carbocycles. The molecule has 0 aliphatic heterocycles. The number of methoxy groups -OCH3 is 1. The summed E-state index contributed by atoms with van der Waals surface area (Å²) in [5, 5.41) is 0. The van der Waals surface area contributed by atoms with Gasteiger partial charge in [0.15, 0.2) is 0 Å². The number of hydrogen-bond acceptors (Lipinski definition) is 3. The van der Waals surface area contributed by atoms with Crippen LogP contribution in [-0.2, 0) is 4.74 Å². The predicted octanol–water partition coefficient (Wildman–Crippen LogP) is 1.58. The van der Waals surface area contributed by atoms with E-state index in [-0.39, 0.29) is 0 Å². The van der Waals surface area contributed by atoms with Crippen LogP contribution in [-0.4, -0.2) is 45.3 Å². The van der Waals surface area contributed by atoms with Gasteiger partial charge in [-0.3, -0.25) is 0 Å². The summed E-state index contributed by atoms with van der Waals surface area (Å²) in [6, 6.07) is 0. The molecule has 0 aliphatic rings. The zero-order valence-corrected chi connectivity index (χ0v) is 10.8. The van der Waals surface area contributed by atoms with E-state index in [1.807, 2.05) is 0 Å². The maximum absolute atomic E-state index is 5.77. The third kappa shape index (κ3) is 8.85. The Labute approximate surface area is 95.0 Å². The van der Waals surface area contributed by atoms with E-state index in [9.17, 15) is 0 Å². The standard InChI is InChI=1S/C12H28N2O/c1-11(2)8-12(9-13)10-14(3)6-5-7-15-4/h11-12H,5-10,13H2,1-4H3. The van der Waals surface area contributed by atoms with Gasteiger partial charge in [-0.1, -0.05) is 13.8 Å². The summed E-state index contributed by atoms with van der Waals surface area (Å²) >= 11 is 0. The smallest absolute Gasteiger partial charge is 0.0474 e. The van der Waals surface area contributed by atoms with Crippen molar-refractivity contribution in [3.05, 3.63) is 0 Å². The first-order valence-electron chi connectivity index (χ1n) is 5.97. The van der Waals surface area contributed by atoms with Gasteiger partial charge < -0.3 is 15.4 Å². The third-order valence-electron chi connectivity index (χ3n) is 2.60. The molecule has 0 heterocycles. The summed E-state index contributed by atoms with van der Waals surface area (Å²) in [5.41, 5.74) is 5.77. The molecule has 1 atom stereocenters. The molecule has 0 radical (unpaired) electrons. The highest BCUT2D eigenvalue weighted by molar-refractivity contribution is 4.66. The Bertz CT molecular complexity index is 140. The second-order valence-corrected chi connectivity index (χ2v) is 4.84. The van der Waals surface area contributed by atoms with Gasteiger partial charge in [-0.25, -0.2) is 0 Å². The van der Waals surface area contributed by atoms with E-state index in [2.05, 4.69) is 25.8 Å². The molecule has 0 aromatic carbocycles. The van der Waals surface area contributed by atoms with Gasteiger partial charge in [-0.05, 0) is 38.3 Å². The van der Waals surface area contributed by atoms with Crippen LogP contribution in [0.5, 0.6) is 0 Å². The van der Waals surface area contributed by atoms with Gasteiger partial charge in [0.25, 0.3) is 0 Å².